The summed E-state index contributed by atoms with van der Waals surface area (Å²) in [6, 6.07) is 7.27. The van der Waals surface area contributed by atoms with Gasteiger partial charge in [-0.05, 0) is 63.3 Å². The molecule has 4 heteroatoms. The van der Waals surface area contributed by atoms with Gasteiger partial charge >= 0.3 is 0 Å². The molecule has 1 N–H and O–H groups in total. The summed E-state index contributed by atoms with van der Waals surface area (Å²) >= 11 is 0. The summed E-state index contributed by atoms with van der Waals surface area (Å²) in [5, 5.41) is 2.99. The molecule has 1 aliphatic rings. The highest BCUT2D eigenvalue weighted by Gasteiger charge is 2.19. The van der Waals surface area contributed by atoms with Crippen LogP contribution >= 0.6 is 0 Å². The highest BCUT2D eigenvalue weighted by Crippen LogP contribution is 2.22. The number of hydrogen-bond donors (Lipinski definition) is 1. The fourth-order valence-corrected chi connectivity index (χ4v) is 2.71. The Bertz CT molecular complexity index is 444. The molecule has 0 aliphatic carbocycles. The number of benzene rings is 1. The van der Waals surface area contributed by atoms with Gasteiger partial charge in [-0.25, -0.2) is 0 Å². The molecule has 1 aliphatic heterocycles. The molecular formula is C17H25NO3. The Balaban J connectivity index is 1.73. The quantitative estimate of drug-likeness (QED) is 0.876. The van der Waals surface area contributed by atoms with Gasteiger partial charge in [-0.15, -0.1) is 0 Å². The number of amides is 1. The molecule has 2 atom stereocenters. The summed E-state index contributed by atoms with van der Waals surface area (Å²) in [7, 11) is 0. The van der Waals surface area contributed by atoms with E-state index >= 15 is 0 Å². The average Bonchev–Trinajstić information content (AvgIpc) is 2.48. The molecule has 0 bridgehead atoms. The zero-order valence-electron chi connectivity index (χ0n) is 12.9. The van der Waals surface area contributed by atoms with E-state index in [0.717, 1.165) is 38.2 Å². The molecule has 1 aromatic carbocycles. The van der Waals surface area contributed by atoms with Crippen molar-refractivity contribution in [1.82, 2.24) is 5.32 Å². The summed E-state index contributed by atoms with van der Waals surface area (Å²) < 4.78 is 10.9. The van der Waals surface area contributed by atoms with Crippen LogP contribution in [0.5, 0.6) is 5.75 Å². The Hall–Kier alpha value is -1.55. The molecular weight excluding hydrogens is 266 g/mol. The standard InChI is InChI=1S/C17H25NO3/c1-3-20-16-6-4-15(5-7-16)17(19)18-10-8-14-9-11-21-13(2)12-14/h4-7,13-14H,3,8-12H2,1-2H3,(H,18,19)/t13-,14+/m0/s1. The SMILES string of the molecule is CCOc1ccc(C(=O)NCC[C@@H]2CCO[C@@H](C)C2)cc1. The van der Waals surface area contributed by atoms with Crippen LogP contribution in [0.25, 0.3) is 0 Å². The van der Waals surface area contributed by atoms with Crippen molar-refractivity contribution in [2.24, 2.45) is 5.92 Å². The van der Waals surface area contributed by atoms with Crippen molar-refractivity contribution in [3.8, 4) is 5.75 Å². The number of ether oxygens (including phenoxy) is 2. The van der Waals surface area contributed by atoms with Crippen LogP contribution in [0, 0.1) is 5.92 Å². The number of carbonyl (C=O) groups excluding carboxylic acids is 1. The fourth-order valence-electron chi connectivity index (χ4n) is 2.71. The third-order valence-electron chi connectivity index (χ3n) is 3.86. The zero-order chi connectivity index (χ0) is 15.1. The minimum atomic E-state index is -0.0156. The molecule has 0 aromatic heterocycles. The van der Waals surface area contributed by atoms with Crippen LogP contribution in [0.3, 0.4) is 0 Å². The van der Waals surface area contributed by atoms with Crippen molar-refractivity contribution in [2.45, 2.75) is 39.2 Å². The minimum Gasteiger partial charge on any atom is -0.494 e. The van der Waals surface area contributed by atoms with Crippen LogP contribution in [-0.2, 0) is 4.74 Å². The lowest BCUT2D eigenvalue weighted by molar-refractivity contribution is 0.00109. The van der Waals surface area contributed by atoms with Gasteiger partial charge < -0.3 is 14.8 Å². The lowest BCUT2D eigenvalue weighted by Gasteiger charge is -2.27. The van der Waals surface area contributed by atoms with Crippen LogP contribution in [0.2, 0.25) is 0 Å². The first-order valence-corrected chi connectivity index (χ1v) is 7.81. The van der Waals surface area contributed by atoms with Crippen molar-refractivity contribution in [1.29, 1.82) is 0 Å². The maximum atomic E-state index is 12.0. The first-order valence-electron chi connectivity index (χ1n) is 7.81. The van der Waals surface area contributed by atoms with E-state index in [1.54, 1.807) is 12.1 Å². The van der Waals surface area contributed by atoms with E-state index in [9.17, 15) is 4.79 Å². The highest BCUT2D eigenvalue weighted by molar-refractivity contribution is 5.94. The predicted molar refractivity (Wildman–Crippen MR) is 82.7 cm³/mol. The molecule has 1 amide bonds. The van der Waals surface area contributed by atoms with Gasteiger partial charge in [-0.3, -0.25) is 4.79 Å². The highest BCUT2D eigenvalue weighted by atomic mass is 16.5. The van der Waals surface area contributed by atoms with Crippen LogP contribution in [0.4, 0.5) is 0 Å². The monoisotopic (exact) mass is 291 g/mol. The summed E-state index contributed by atoms with van der Waals surface area (Å²) in [4.78, 5) is 12.0. The second kappa shape index (κ2) is 8.03. The van der Waals surface area contributed by atoms with Gasteiger partial charge in [0.1, 0.15) is 5.75 Å². The average molecular weight is 291 g/mol. The lowest BCUT2D eigenvalue weighted by Crippen LogP contribution is -2.29. The predicted octanol–water partition coefficient (Wildman–Crippen LogP) is 3.02. The Morgan fingerprint density at radius 1 is 1.38 bits per heavy atom. The van der Waals surface area contributed by atoms with Crippen LogP contribution in [-0.4, -0.2) is 31.8 Å². The van der Waals surface area contributed by atoms with Crippen molar-refractivity contribution >= 4 is 5.91 Å². The second-order valence-electron chi connectivity index (χ2n) is 5.57. The van der Waals surface area contributed by atoms with E-state index in [2.05, 4.69) is 12.2 Å². The minimum absolute atomic E-state index is 0.0156. The second-order valence-corrected chi connectivity index (χ2v) is 5.57. The summed E-state index contributed by atoms with van der Waals surface area (Å²) in [6.45, 7) is 6.26. The third kappa shape index (κ3) is 5.05. The van der Waals surface area contributed by atoms with Crippen molar-refractivity contribution in [3.63, 3.8) is 0 Å². The molecule has 1 saturated heterocycles. The first-order chi connectivity index (χ1) is 10.2. The topological polar surface area (TPSA) is 47.6 Å². The molecule has 4 nitrogen and oxygen atoms in total. The van der Waals surface area contributed by atoms with Crippen LogP contribution in [0.1, 0.15) is 43.5 Å². The smallest absolute Gasteiger partial charge is 0.251 e. The van der Waals surface area contributed by atoms with Gasteiger partial charge in [0, 0.05) is 18.7 Å². The Labute approximate surface area is 126 Å². The largest absolute Gasteiger partial charge is 0.494 e. The van der Waals surface area contributed by atoms with E-state index in [1.165, 1.54) is 0 Å². The lowest BCUT2D eigenvalue weighted by atomic mass is 9.93. The third-order valence-corrected chi connectivity index (χ3v) is 3.86. The van der Waals surface area contributed by atoms with Crippen LogP contribution in [0.15, 0.2) is 24.3 Å². The van der Waals surface area contributed by atoms with E-state index in [4.69, 9.17) is 9.47 Å². The fraction of sp³-hybridized carbons (Fsp3) is 0.588. The number of rotatable bonds is 6. The van der Waals surface area contributed by atoms with Gasteiger partial charge in [0.25, 0.3) is 5.91 Å². The van der Waals surface area contributed by atoms with Crippen molar-refractivity contribution in [2.75, 3.05) is 19.8 Å². The van der Waals surface area contributed by atoms with E-state index in [1.807, 2.05) is 19.1 Å². The van der Waals surface area contributed by atoms with Crippen molar-refractivity contribution in [3.05, 3.63) is 29.8 Å². The molecule has 1 aromatic rings. The number of hydrogen-bond acceptors (Lipinski definition) is 3. The van der Waals surface area contributed by atoms with Gasteiger partial charge in [0.2, 0.25) is 0 Å². The molecule has 0 saturated carbocycles. The molecule has 1 fully saturated rings. The molecule has 116 valence electrons. The Morgan fingerprint density at radius 3 is 2.81 bits per heavy atom. The number of nitrogens with one attached hydrogen (secondary N) is 1. The number of carbonyl (C=O) groups is 1. The van der Waals surface area contributed by atoms with E-state index < -0.39 is 0 Å². The van der Waals surface area contributed by atoms with E-state index in [-0.39, 0.29) is 5.91 Å². The molecule has 0 spiro atoms. The molecule has 21 heavy (non-hydrogen) atoms. The van der Waals surface area contributed by atoms with Crippen molar-refractivity contribution < 1.29 is 14.3 Å². The maximum absolute atomic E-state index is 12.0. The van der Waals surface area contributed by atoms with Gasteiger partial charge in [0.15, 0.2) is 0 Å². The summed E-state index contributed by atoms with van der Waals surface area (Å²) in [5.41, 5.74) is 0.679. The Kier molecular flexibility index (Phi) is 6.05. The van der Waals surface area contributed by atoms with Gasteiger partial charge in [-0.1, -0.05) is 0 Å². The van der Waals surface area contributed by atoms with E-state index in [0.29, 0.717) is 24.2 Å². The Morgan fingerprint density at radius 2 is 2.14 bits per heavy atom. The molecule has 2 rings (SSSR count). The molecule has 0 unspecified atom stereocenters. The molecule has 0 radical (unpaired) electrons. The first kappa shape index (κ1) is 15.8. The summed E-state index contributed by atoms with van der Waals surface area (Å²) in [6.07, 6.45) is 3.57. The van der Waals surface area contributed by atoms with Crippen LogP contribution < -0.4 is 10.1 Å². The molecule has 1 heterocycles. The van der Waals surface area contributed by atoms with Gasteiger partial charge in [0.05, 0.1) is 12.7 Å². The zero-order valence-corrected chi connectivity index (χ0v) is 12.9. The maximum Gasteiger partial charge on any atom is 0.251 e. The van der Waals surface area contributed by atoms with Gasteiger partial charge in [-0.2, -0.15) is 0 Å². The summed E-state index contributed by atoms with van der Waals surface area (Å²) in [5.74, 6) is 1.44. The normalized spacial score (nSPS) is 21.8.